The number of benzene rings is 2. The van der Waals surface area contributed by atoms with Crippen LogP contribution in [-0.4, -0.2) is 42.6 Å². The highest BCUT2D eigenvalue weighted by molar-refractivity contribution is 5.75. The summed E-state index contributed by atoms with van der Waals surface area (Å²) in [5, 5.41) is 14.3. The minimum absolute atomic E-state index is 0.0720. The first-order valence-electron chi connectivity index (χ1n) is 9.82. The van der Waals surface area contributed by atoms with Crippen LogP contribution >= 0.6 is 0 Å². The summed E-state index contributed by atoms with van der Waals surface area (Å²) in [5.74, 6) is -4.89. The van der Waals surface area contributed by atoms with Gasteiger partial charge in [-0.05, 0) is 67.2 Å². The predicted molar refractivity (Wildman–Crippen MR) is 104 cm³/mol. The molecule has 0 aliphatic carbocycles. The van der Waals surface area contributed by atoms with Crippen LogP contribution in [0.25, 0.3) is 0 Å². The quantitative estimate of drug-likeness (QED) is 0.700. The van der Waals surface area contributed by atoms with Crippen LogP contribution in [0.2, 0.25) is 0 Å². The van der Waals surface area contributed by atoms with E-state index in [0.717, 1.165) is 24.3 Å². The Balaban J connectivity index is 1.90. The summed E-state index contributed by atoms with van der Waals surface area (Å²) in [6, 6.07) is 6.14. The fourth-order valence-electron chi connectivity index (χ4n) is 4.06. The van der Waals surface area contributed by atoms with Crippen molar-refractivity contribution in [1.82, 2.24) is 10.2 Å². The molecule has 1 aliphatic rings. The zero-order valence-corrected chi connectivity index (χ0v) is 16.6. The second kappa shape index (κ2) is 9.14. The van der Waals surface area contributed by atoms with E-state index in [0.29, 0.717) is 38.9 Å². The maximum absolute atomic E-state index is 13.9. The second-order valence-electron chi connectivity index (χ2n) is 7.56. The molecule has 0 unspecified atom stereocenters. The van der Waals surface area contributed by atoms with E-state index < -0.39 is 34.8 Å². The van der Waals surface area contributed by atoms with Crippen LogP contribution in [0.1, 0.15) is 30.4 Å². The third kappa shape index (κ3) is 4.49. The average molecular weight is 424 g/mol. The summed E-state index contributed by atoms with van der Waals surface area (Å²) in [7, 11) is 1.57. The van der Waals surface area contributed by atoms with Crippen molar-refractivity contribution in [3.63, 3.8) is 0 Å². The van der Waals surface area contributed by atoms with Gasteiger partial charge in [-0.25, -0.2) is 17.6 Å². The molecule has 0 aromatic heterocycles. The molecule has 1 fully saturated rings. The Bertz CT molecular complexity index is 863. The van der Waals surface area contributed by atoms with Gasteiger partial charge in [-0.3, -0.25) is 4.79 Å². The van der Waals surface area contributed by atoms with Gasteiger partial charge in [-0.1, -0.05) is 12.1 Å². The minimum Gasteiger partial charge on any atom is -0.380 e. The number of aliphatic hydroxyl groups is 1. The van der Waals surface area contributed by atoms with Crippen LogP contribution < -0.4 is 5.32 Å². The van der Waals surface area contributed by atoms with Gasteiger partial charge in [-0.15, -0.1) is 0 Å². The van der Waals surface area contributed by atoms with Gasteiger partial charge in [0.1, 0.15) is 5.60 Å². The van der Waals surface area contributed by atoms with E-state index in [9.17, 15) is 27.5 Å². The van der Waals surface area contributed by atoms with Gasteiger partial charge in [0, 0.05) is 20.0 Å². The minimum atomic E-state index is -1.82. The van der Waals surface area contributed by atoms with E-state index in [1.165, 1.54) is 12.1 Å². The zero-order valence-electron chi connectivity index (χ0n) is 16.6. The number of hydrogen-bond acceptors (Lipinski definition) is 3. The molecule has 1 amide bonds. The summed E-state index contributed by atoms with van der Waals surface area (Å²) in [4.78, 5) is 13.5. The molecular formula is C22H24F4N2O2. The average Bonchev–Trinajstić information content (AvgIpc) is 2.75. The van der Waals surface area contributed by atoms with Crippen molar-refractivity contribution in [3.05, 3.63) is 70.8 Å². The first-order valence-corrected chi connectivity index (χ1v) is 9.82. The van der Waals surface area contributed by atoms with E-state index in [-0.39, 0.29) is 17.0 Å². The summed E-state index contributed by atoms with van der Waals surface area (Å²) in [6.45, 7) is 1.69. The number of rotatable bonds is 6. The number of amides is 1. The van der Waals surface area contributed by atoms with E-state index in [4.69, 9.17) is 0 Å². The van der Waals surface area contributed by atoms with E-state index in [1.54, 1.807) is 7.05 Å². The van der Waals surface area contributed by atoms with Crippen molar-refractivity contribution in [2.24, 2.45) is 5.92 Å². The lowest BCUT2D eigenvalue weighted by atomic mass is 9.72. The SMILES string of the molecule is CNC(=O)CCN1CCC(C(O)(c2ccc(F)c(F)c2)c2ccc(F)c(F)c2)CC1. The molecule has 0 radical (unpaired) electrons. The highest BCUT2D eigenvalue weighted by atomic mass is 19.2. The van der Waals surface area contributed by atoms with E-state index in [1.807, 2.05) is 0 Å². The molecule has 3 rings (SSSR count). The van der Waals surface area contributed by atoms with Gasteiger partial charge in [-0.2, -0.15) is 0 Å². The van der Waals surface area contributed by atoms with Crippen LogP contribution in [0, 0.1) is 29.2 Å². The Labute approximate surface area is 172 Å². The number of hydrogen-bond donors (Lipinski definition) is 2. The molecule has 30 heavy (non-hydrogen) atoms. The predicted octanol–water partition coefficient (Wildman–Crippen LogP) is 3.33. The summed E-state index contributed by atoms with van der Waals surface area (Å²) >= 11 is 0. The molecule has 162 valence electrons. The molecule has 0 saturated carbocycles. The number of nitrogens with one attached hydrogen (secondary N) is 1. The molecule has 2 N–H and O–H groups in total. The molecule has 2 aromatic rings. The zero-order chi connectivity index (χ0) is 21.9. The van der Waals surface area contributed by atoms with Crippen LogP contribution in [-0.2, 0) is 10.4 Å². The molecular weight excluding hydrogens is 400 g/mol. The number of carbonyl (C=O) groups is 1. The van der Waals surface area contributed by atoms with Gasteiger partial charge in [0.15, 0.2) is 23.3 Å². The Morgan fingerprint density at radius 1 is 1.00 bits per heavy atom. The van der Waals surface area contributed by atoms with Crippen LogP contribution in [0.5, 0.6) is 0 Å². The summed E-state index contributed by atoms with van der Waals surface area (Å²) in [5.41, 5.74) is -1.66. The molecule has 0 atom stereocenters. The lowest BCUT2D eigenvalue weighted by Gasteiger charge is -2.42. The van der Waals surface area contributed by atoms with Gasteiger partial charge < -0.3 is 15.3 Å². The van der Waals surface area contributed by atoms with Crippen molar-refractivity contribution in [2.75, 3.05) is 26.7 Å². The monoisotopic (exact) mass is 424 g/mol. The lowest BCUT2D eigenvalue weighted by Crippen LogP contribution is -2.45. The Hall–Kier alpha value is -2.45. The molecule has 0 bridgehead atoms. The highest BCUT2D eigenvalue weighted by Crippen LogP contribution is 2.42. The molecule has 8 heteroatoms. The molecule has 1 heterocycles. The van der Waals surface area contributed by atoms with Gasteiger partial charge >= 0.3 is 0 Å². The number of piperidine rings is 1. The van der Waals surface area contributed by atoms with Crippen LogP contribution in [0.4, 0.5) is 17.6 Å². The third-order valence-corrected chi connectivity index (χ3v) is 5.83. The van der Waals surface area contributed by atoms with Gasteiger partial charge in [0.25, 0.3) is 0 Å². The van der Waals surface area contributed by atoms with Crippen LogP contribution in [0.3, 0.4) is 0 Å². The Morgan fingerprint density at radius 3 is 1.93 bits per heavy atom. The molecule has 0 spiro atoms. The summed E-state index contributed by atoms with van der Waals surface area (Å²) in [6.07, 6.45) is 1.29. The summed E-state index contributed by atoms with van der Waals surface area (Å²) < 4.78 is 54.8. The highest BCUT2D eigenvalue weighted by Gasteiger charge is 2.42. The van der Waals surface area contributed by atoms with Crippen molar-refractivity contribution in [3.8, 4) is 0 Å². The van der Waals surface area contributed by atoms with Crippen molar-refractivity contribution < 1.29 is 27.5 Å². The van der Waals surface area contributed by atoms with Crippen molar-refractivity contribution in [2.45, 2.75) is 24.9 Å². The Morgan fingerprint density at radius 2 is 1.50 bits per heavy atom. The number of halogens is 4. The molecule has 1 saturated heterocycles. The smallest absolute Gasteiger partial charge is 0.221 e. The maximum Gasteiger partial charge on any atom is 0.221 e. The molecule has 4 nitrogen and oxygen atoms in total. The van der Waals surface area contributed by atoms with Gasteiger partial charge in [0.05, 0.1) is 0 Å². The Kier molecular flexibility index (Phi) is 6.77. The van der Waals surface area contributed by atoms with Crippen molar-refractivity contribution in [1.29, 1.82) is 0 Å². The number of likely N-dealkylation sites (tertiary alicyclic amines) is 1. The normalized spacial score (nSPS) is 15.9. The van der Waals surface area contributed by atoms with E-state index >= 15 is 0 Å². The maximum atomic E-state index is 13.9. The second-order valence-corrected chi connectivity index (χ2v) is 7.56. The van der Waals surface area contributed by atoms with Gasteiger partial charge in [0.2, 0.25) is 5.91 Å². The lowest BCUT2D eigenvalue weighted by molar-refractivity contribution is -0.121. The standard InChI is InChI=1S/C22H24F4N2O2/c1-27-21(29)8-11-28-9-6-14(7-10-28)22(30,15-2-4-17(23)19(25)12-15)16-3-5-18(24)20(26)13-16/h2-5,12-14,30H,6-11H2,1H3,(H,27,29). The first-order chi connectivity index (χ1) is 14.3. The van der Waals surface area contributed by atoms with Crippen LogP contribution in [0.15, 0.2) is 36.4 Å². The third-order valence-electron chi connectivity index (χ3n) is 5.83. The van der Waals surface area contributed by atoms with E-state index in [2.05, 4.69) is 10.2 Å². The number of nitrogens with zero attached hydrogens (tertiary/aromatic N) is 1. The largest absolute Gasteiger partial charge is 0.380 e. The topological polar surface area (TPSA) is 52.6 Å². The van der Waals surface area contributed by atoms with Crippen molar-refractivity contribution >= 4 is 5.91 Å². The molecule has 1 aliphatic heterocycles. The number of carbonyl (C=O) groups excluding carboxylic acids is 1. The first kappa shape index (κ1) is 22.2. The molecule has 2 aromatic carbocycles. The fourth-order valence-corrected chi connectivity index (χ4v) is 4.06. The fraction of sp³-hybridized carbons (Fsp3) is 0.409.